The van der Waals surface area contributed by atoms with E-state index in [1.165, 1.54) is 20.8 Å². The third kappa shape index (κ3) is 4.99. The van der Waals surface area contributed by atoms with Gasteiger partial charge in [-0.05, 0) is 101 Å². The van der Waals surface area contributed by atoms with Crippen molar-refractivity contribution in [3.63, 3.8) is 0 Å². The summed E-state index contributed by atoms with van der Waals surface area (Å²) in [5, 5.41) is 0. The lowest BCUT2D eigenvalue weighted by Crippen LogP contribution is -2.58. The second kappa shape index (κ2) is 11.1. The molecule has 0 radical (unpaired) electrons. The van der Waals surface area contributed by atoms with E-state index in [-0.39, 0.29) is 77.2 Å². The Kier molecular flexibility index (Phi) is 8.26. The van der Waals surface area contributed by atoms with Gasteiger partial charge in [-0.25, -0.2) is 0 Å². The monoisotopic (exact) mass is 598 g/mol. The molecule has 238 valence electrons. The van der Waals surface area contributed by atoms with Crippen LogP contribution in [0.5, 0.6) is 0 Å². The van der Waals surface area contributed by atoms with Crippen LogP contribution in [0.3, 0.4) is 0 Å². The molecular formula is C35H50O8. The number of hydrogen-bond donors (Lipinski definition) is 0. The van der Waals surface area contributed by atoms with Crippen molar-refractivity contribution in [3.05, 3.63) is 11.3 Å². The minimum Gasteiger partial charge on any atom is -0.493 e. The van der Waals surface area contributed by atoms with E-state index in [1.807, 2.05) is 13.8 Å². The van der Waals surface area contributed by atoms with E-state index in [0.29, 0.717) is 42.4 Å². The predicted molar refractivity (Wildman–Crippen MR) is 158 cm³/mol. The molecule has 11 atom stereocenters. The maximum absolute atomic E-state index is 14.5. The third-order valence-corrected chi connectivity index (χ3v) is 12.7. The average Bonchev–Trinajstić information content (AvgIpc) is 3.39. The molecule has 0 bridgehead atoms. The van der Waals surface area contributed by atoms with Crippen LogP contribution in [0.4, 0.5) is 0 Å². The topological polar surface area (TPSA) is 113 Å². The van der Waals surface area contributed by atoms with Gasteiger partial charge in [0.1, 0.15) is 29.5 Å². The van der Waals surface area contributed by atoms with Gasteiger partial charge in [0.15, 0.2) is 5.78 Å². The van der Waals surface area contributed by atoms with Crippen molar-refractivity contribution in [1.82, 2.24) is 0 Å². The highest BCUT2D eigenvalue weighted by Gasteiger charge is 2.73. The van der Waals surface area contributed by atoms with E-state index in [0.717, 1.165) is 32.1 Å². The van der Waals surface area contributed by atoms with E-state index in [1.54, 1.807) is 6.92 Å². The molecule has 8 nitrogen and oxygen atoms in total. The molecule has 1 aliphatic heterocycles. The average molecular weight is 599 g/mol. The smallest absolute Gasteiger partial charge is 0.302 e. The fourth-order valence-electron chi connectivity index (χ4n) is 10.6. The van der Waals surface area contributed by atoms with Gasteiger partial charge in [0, 0.05) is 37.2 Å². The molecule has 4 saturated carbocycles. The number of fused-ring (bicyclic) bond motifs is 7. The number of ketones is 3. The predicted octanol–water partition coefficient (Wildman–Crippen LogP) is 5.79. The molecule has 0 spiro atoms. The number of esters is 2. The molecule has 0 aromatic rings. The Labute approximate surface area is 256 Å². The summed E-state index contributed by atoms with van der Waals surface area (Å²) in [6.45, 7) is 14.3. The van der Waals surface area contributed by atoms with Gasteiger partial charge in [0.25, 0.3) is 0 Å². The Balaban J connectivity index is 1.46. The third-order valence-electron chi connectivity index (χ3n) is 12.7. The van der Waals surface area contributed by atoms with Gasteiger partial charge in [-0.2, -0.15) is 0 Å². The van der Waals surface area contributed by atoms with Crippen LogP contribution in [0.1, 0.15) is 107 Å². The molecule has 0 N–H and O–H groups in total. The molecule has 8 heteroatoms. The summed E-state index contributed by atoms with van der Waals surface area (Å²) < 4.78 is 17.5. The maximum atomic E-state index is 14.5. The van der Waals surface area contributed by atoms with Crippen molar-refractivity contribution >= 4 is 29.3 Å². The molecule has 0 aromatic heterocycles. The second-order valence-corrected chi connectivity index (χ2v) is 15.2. The first-order valence-corrected chi connectivity index (χ1v) is 16.3. The van der Waals surface area contributed by atoms with Crippen molar-refractivity contribution < 1.29 is 38.2 Å². The van der Waals surface area contributed by atoms with Gasteiger partial charge in [-0.15, -0.1) is 0 Å². The van der Waals surface area contributed by atoms with Crippen LogP contribution in [0.15, 0.2) is 11.3 Å². The van der Waals surface area contributed by atoms with E-state index in [4.69, 9.17) is 14.2 Å². The van der Waals surface area contributed by atoms with Crippen LogP contribution < -0.4 is 0 Å². The maximum Gasteiger partial charge on any atom is 0.302 e. The first-order chi connectivity index (χ1) is 20.0. The minimum absolute atomic E-state index is 0.0178. The number of allylic oxidation sites excluding steroid dienone is 2. The lowest BCUT2D eigenvalue weighted by Gasteiger charge is -2.60. The first-order valence-electron chi connectivity index (χ1n) is 16.3. The summed E-state index contributed by atoms with van der Waals surface area (Å²) in [7, 11) is 0. The summed E-state index contributed by atoms with van der Waals surface area (Å²) in [4.78, 5) is 64.2. The van der Waals surface area contributed by atoms with Crippen molar-refractivity contribution in [1.29, 1.82) is 0 Å². The highest BCUT2D eigenvalue weighted by atomic mass is 16.5. The Bertz CT molecular complexity index is 1250. The Morgan fingerprint density at radius 2 is 1.65 bits per heavy atom. The number of carbonyl (C=O) groups is 5. The zero-order chi connectivity index (χ0) is 31.6. The van der Waals surface area contributed by atoms with Crippen LogP contribution in [0.2, 0.25) is 0 Å². The van der Waals surface area contributed by atoms with Crippen molar-refractivity contribution in [2.75, 3.05) is 6.61 Å². The lowest BCUT2D eigenvalue weighted by atomic mass is 9.43. The van der Waals surface area contributed by atoms with Gasteiger partial charge in [0.05, 0.1) is 12.0 Å². The van der Waals surface area contributed by atoms with Crippen LogP contribution in [0, 0.1) is 51.8 Å². The van der Waals surface area contributed by atoms with E-state index in [9.17, 15) is 24.0 Å². The number of hydrogen-bond acceptors (Lipinski definition) is 8. The summed E-state index contributed by atoms with van der Waals surface area (Å²) >= 11 is 0. The number of carbonyl (C=O) groups excluding carboxylic acids is 5. The van der Waals surface area contributed by atoms with Crippen LogP contribution in [-0.4, -0.2) is 48.1 Å². The zero-order valence-corrected chi connectivity index (χ0v) is 27.2. The number of rotatable bonds is 7. The van der Waals surface area contributed by atoms with Crippen LogP contribution in [-0.2, 0) is 38.2 Å². The quantitative estimate of drug-likeness (QED) is 0.267. The zero-order valence-electron chi connectivity index (χ0n) is 27.2. The molecule has 5 aliphatic rings. The molecule has 5 rings (SSSR count). The van der Waals surface area contributed by atoms with Gasteiger partial charge in [0.2, 0.25) is 0 Å². The van der Waals surface area contributed by atoms with Crippen molar-refractivity contribution in [2.45, 2.75) is 119 Å². The minimum atomic E-state index is -1.10. The normalized spacial score (nSPS) is 43.3. The molecule has 5 fully saturated rings. The molecule has 1 saturated heterocycles. The Hall–Kier alpha value is -2.51. The van der Waals surface area contributed by atoms with Crippen molar-refractivity contribution in [3.8, 4) is 0 Å². The Morgan fingerprint density at radius 3 is 2.26 bits per heavy atom. The summed E-state index contributed by atoms with van der Waals surface area (Å²) in [6.07, 6.45) is 5.89. The van der Waals surface area contributed by atoms with Gasteiger partial charge < -0.3 is 14.2 Å². The summed E-state index contributed by atoms with van der Waals surface area (Å²) in [5.74, 6) is 0.484. The molecular weight excluding hydrogens is 548 g/mol. The summed E-state index contributed by atoms with van der Waals surface area (Å²) in [5.41, 5.74) is -1.34. The van der Waals surface area contributed by atoms with E-state index >= 15 is 0 Å². The van der Waals surface area contributed by atoms with Gasteiger partial charge in [-0.3, -0.25) is 24.0 Å². The highest BCUT2D eigenvalue weighted by Crippen LogP contribution is 2.71. The van der Waals surface area contributed by atoms with Crippen LogP contribution in [0.25, 0.3) is 0 Å². The second-order valence-electron chi connectivity index (χ2n) is 15.2. The molecule has 43 heavy (non-hydrogen) atoms. The highest BCUT2D eigenvalue weighted by molar-refractivity contribution is 5.97. The fraction of sp³-hybridized carbons (Fsp3) is 0.800. The summed E-state index contributed by atoms with van der Waals surface area (Å²) in [6, 6.07) is 0. The molecule has 0 unspecified atom stereocenters. The van der Waals surface area contributed by atoms with Crippen LogP contribution >= 0.6 is 0 Å². The fourth-order valence-corrected chi connectivity index (χ4v) is 10.6. The first kappa shape index (κ1) is 31.9. The SMILES string of the molecule is CC(=O)OC[C@H](C)C/C(C(C)=O)=C1\O[C@H]2C[C@H]3[C@@H]4CC[C@H]5C[C@@H](OC(C)=O)CC[C@]5(C)[C@H]4CC(=O)[C@]3(C)[C@H]2[C@]1(C)C(C)=O. The standard InChI is InChI=1S/C35H50O8/c1-18(17-41-21(4)38)13-26(19(2)36)32-34(7,20(3)37)31-29(43-32)15-28-25-10-9-23-14-24(42-22(5)39)11-12-33(23,6)27(25)16-30(40)35(28,31)8/h18,23-25,27-29,31H,9-17H2,1-8H3/b32-26+/t18-,23+,24+,25-,27+,28+,29+,31-,33+,34+,35-/m1/s1. The largest absolute Gasteiger partial charge is 0.493 e. The number of ether oxygens (including phenoxy) is 3. The number of Topliss-reactive ketones (excluding diaryl/α,β-unsaturated/α-hetero) is 3. The molecule has 0 amide bonds. The van der Waals surface area contributed by atoms with E-state index in [2.05, 4.69) is 13.8 Å². The molecule has 4 aliphatic carbocycles. The molecule has 1 heterocycles. The van der Waals surface area contributed by atoms with Gasteiger partial charge in [-0.1, -0.05) is 20.8 Å². The molecule has 0 aromatic carbocycles. The lowest BCUT2D eigenvalue weighted by molar-refractivity contribution is -0.168. The van der Waals surface area contributed by atoms with Gasteiger partial charge >= 0.3 is 11.9 Å². The van der Waals surface area contributed by atoms with Crippen molar-refractivity contribution in [2.24, 2.45) is 51.8 Å². The Morgan fingerprint density at radius 1 is 0.953 bits per heavy atom. The van der Waals surface area contributed by atoms with E-state index < -0.39 is 10.8 Å².